The van der Waals surface area contributed by atoms with E-state index in [9.17, 15) is 14.0 Å². The van der Waals surface area contributed by atoms with E-state index in [2.05, 4.69) is 0 Å². The van der Waals surface area contributed by atoms with Gasteiger partial charge in [-0.3, -0.25) is 14.5 Å². The van der Waals surface area contributed by atoms with Crippen molar-refractivity contribution >= 4 is 11.8 Å². The first kappa shape index (κ1) is 15.2. The Bertz CT molecular complexity index is 630. The van der Waals surface area contributed by atoms with Crippen LogP contribution in [-0.2, 0) is 26.3 Å². The van der Waals surface area contributed by atoms with Crippen LogP contribution in [-0.4, -0.2) is 36.9 Å². The number of likely N-dealkylation sites (tertiary alicyclic amines) is 1. The molecule has 1 aromatic rings. The number of benzene rings is 1. The molecule has 118 valence electrons. The predicted molar refractivity (Wildman–Crippen MR) is 78.8 cm³/mol. The molecule has 0 bridgehead atoms. The van der Waals surface area contributed by atoms with Crippen molar-refractivity contribution in [3.63, 3.8) is 0 Å². The summed E-state index contributed by atoms with van der Waals surface area (Å²) in [6.45, 7) is 2.32. The van der Waals surface area contributed by atoms with Crippen molar-refractivity contribution in [3.05, 3.63) is 35.1 Å². The summed E-state index contributed by atoms with van der Waals surface area (Å²) in [6.07, 6.45) is 1.85. The number of halogens is 1. The minimum absolute atomic E-state index is 0.103. The van der Waals surface area contributed by atoms with E-state index in [1.54, 1.807) is 13.0 Å². The normalized spacial score (nSPS) is 28.0. The number of carbonyl (C=O) groups excluding carboxylic acids is 2. The number of ether oxygens (including phenoxy) is 1. The number of piperidine rings is 1. The second kappa shape index (κ2) is 5.47. The molecule has 3 rings (SSSR count). The van der Waals surface area contributed by atoms with Crippen molar-refractivity contribution in [2.45, 2.75) is 31.7 Å². The van der Waals surface area contributed by atoms with E-state index in [-0.39, 0.29) is 24.6 Å². The third-order valence-corrected chi connectivity index (χ3v) is 4.99. The van der Waals surface area contributed by atoms with E-state index in [1.165, 1.54) is 12.1 Å². The number of hydrogen-bond donors (Lipinski definition) is 0. The highest BCUT2D eigenvalue weighted by Gasteiger charge is 2.50. The topological polar surface area (TPSA) is 46.6 Å². The van der Waals surface area contributed by atoms with E-state index in [1.807, 2.05) is 11.9 Å². The smallest absolute Gasteiger partial charge is 0.317 e. The standard InChI is InChI=1S/C17H20FNO3/c1-3-22-16(21)13-10-19(2)17(9-15(13)20)7-6-11-4-5-12(18)8-14(11)17/h4-5,8,13H,3,6-7,9-10H2,1-2H3. The Morgan fingerprint density at radius 3 is 3.00 bits per heavy atom. The highest BCUT2D eigenvalue weighted by atomic mass is 19.1. The largest absolute Gasteiger partial charge is 0.465 e. The SMILES string of the molecule is CCOC(=O)C1CN(C)C2(CCc3ccc(F)cc32)CC1=O. The molecule has 0 amide bonds. The van der Waals surface area contributed by atoms with Gasteiger partial charge in [0.05, 0.1) is 12.1 Å². The molecule has 1 heterocycles. The average molecular weight is 305 g/mol. The summed E-state index contributed by atoms with van der Waals surface area (Å²) in [5.41, 5.74) is 1.51. The zero-order valence-electron chi connectivity index (χ0n) is 12.9. The molecule has 1 aliphatic heterocycles. The van der Waals surface area contributed by atoms with Gasteiger partial charge in [-0.05, 0) is 50.1 Å². The molecule has 4 nitrogen and oxygen atoms in total. The number of nitrogens with zero attached hydrogens (tertiary/aromatic N) is 1. The summed E-state index contributed by atoms with van der Waals surface area (Å²) >= 11 is 0. The van der Waals surface area contributed by atoms with E-state index >= 15 is 0 Å². The first-order valence-electron chi connectivity index (χ1n) is 7.67. The van der Waals surface area contributed by atoms with Gasteiger partial charge in [-0.25, -0.2) is 4.39 Å². The molecule has 0 aromatic heterocycles. The van der Waals surface area contributed by atoms with Crippen LogP contribution in [0, 0.1) is 11.7 Å². The van der Waals surface area contributed by atoms with E-state index in [4.69, 9.17) is 4.74 Å². The molecule has 1 aromatic carbocycles. The van der Waals surface area contributed by atoms with Gasteiger partial charge in [0.1, 0.15) is 11.7 Å². The zero-order valence-corrected chi connectivity index (χ0v) is 12.9. The summed E-state index contributed by atoms with van der Waals surface area (Å²) in [6, 6.07) is 4.80. The van der Waals surface area contributed by atoms with Crippen molar-refractivity contribution in [2.75, 3.05) is 20.2 Å². The maximum atomic E-state index is 13.7. The quantitative estimate of drug-likeness (QED) is 0.620. The van der Waals surface area contributed by atoms with Crippen molar-refractivity contribution < 1.29 is 18.7 Å². The highest BCUT2D eigenvalue weighted by Crippen LogP contribution is 2.47. The maximum absolute atomic E-state index is 13.7. The number of hydrogen-bond acceptors (Lipinski definition) is 4. The third kappa shape index (κ3) is 2.24. The minimum Gasteiger partial charge on any atom is -0.465 e. The second-order valence-corrected chi connectivity index (χ2v) is 6.16. The van der Waals surface area contributed by atoms with Gasteiger partial charge in [0.2, 0.25) is 0 Å². The first-order chi connectivity index (χ1) is 10.5. The van der Waals surface area contributed by atoms with Gasteiger partial charge in [-0.1, -0.05) is 6.07 Å². The number of aryl methyl sites for hydroxylation is 1. The van der Waals surface area contributed by atoms with Crippen LogP contribution < -0.4 is 0 Å². The summed E-state index contributed by atoms with van der Waals surface area (Å²) < 4.78 is 18.6. The minimum atomic E-state index is -0.729. The van der Waals surface area contributed by atoms with Gasteiger partial charge in [0, 0.05) is 13.0 Å². The number of rotatable bonds is 2. The molecule has 1 spiro atoms. The molecule has 2 unspecified atom stereocenters. The van der Waals surface area contributed by atoms with Crippen LogP contribution in [0.1, 0.15) is 30.9 Å². The first-order valence-corrected chi connectivity index (χ1v) is 7.67. The third-order valence-electron chi connectivity index (χ3n) is 4.99. The summed E-state index contributed by atoms with van der Waals surface area (Å²) in [5, 5.41) is 0. The van der Waals surface area contributed by atoms with E-state index in [0.29, 0.717) is 6.54 Å². The maximum Gasteiger partial charge on any atom is 0.317 e. The number of ketones is 1. The molecule has 22 heavy (non-hydrogen) atoms. The van der Waals surface area contributed by atoms with Gasteiger partial charge < -0.3 is 4.74 Å². The molecule has 5 heteroatoms. The van der Waals surface area contributed by atoms with Crippen molar-refractivity contribution in [3.8, 4) is 0 Å². The molecule has 0 radical (unpaired) electrons. The Hall–Kier alpha value is -1.75. The van der Waals surface area contributed by atoms with Gasteiger partial charge in [0.25, 0.3) is 0 Å². The lowest BCUT2D eigenvalue weighted by molar-refractivity contribution is -0.156. The fraction of sp³-hybridized carbons (Fsp3) is 0.529. The predicted octanol–water partition coefficient (Wildman–Crippen LogP) is 2.05. The number of carbonyl (C=O) groups is 2. The molecular weight excluding hydrogens is 285 g/mol. The monoisotopic (exact) mass is 305 g/mol. The summed E-state index contributed by atoms with van der Waals surface area (Å²) in [5.74, 6) is -1.57. The fourth-order valence-corrected chi connectivity index (χ4v) is 3.80. The number of Topliss-reactive ketones (excluding diaryl/α,β-unsaturated/α-hetero) is 1. The molecule has 0 saturated carbocycles. The van der Waals surface area contributed by atoms with E-state index in [0.717, 1.165) is 24.0 Å². The van der Waals surface area contributed by atoms with Gasteiger partial charge in [-0.15, -0.1) is 0 Å². The lowest BCUT2D eigenvalue weighted by atomic mass is 9.77. The zero-order chi connectivity index (χ0) is 15.9. The fourth-order valence-electron chi connectivity index (χ4n) is 3.80. The van der Waals surface area contributed by atoms with Crippen LogP contribution in [0.2, 0.25) is 0 Å². The number of esters is 1. The lowest BCUT2D eigenvalue weighted by Crippen LogP contribution is -2.54. The molecule has 1 aliphatic carbocycles. The van der Waals surface area contributed by atoms with Crippen LogP contribution in [0.5, 0.6) is 0 Å². The second-order valence-electron chi connectivity index (χ2n) is 6.16. The summed E-state index contributed by atoms with van der Waals surface area (Å²) in [7, 11) is 1.90. The number of fused-ring (bicyclic) bond motifs is 2. The van der Waals surface area contributed by atoms with Crippen LogP contribution >= 0.6 is 0 Å². The Kier molecular flexibility index (Phi) is 3.77. The van der Waals surface area contributed by atoms with Gasteiger partial charge in [-0.2, -0.15) is 0 Å². The van der Waals surface area contributed by atoms with Gasteiger partial charge in [0.15, 0.2) is 5.78 Å². The van der Waals surface area contributed by atoms with Crippen molar-refractivity contribution in [2.24, 2.45) is 5.92 Å². The molecule has 1 saturated heterocycles. The Morgan fingerprint density at radius 2 is 2.27 bits per heavy atom. The van der Waals surface area contributed by atoms with Crippen LogP contribution in [0.4, 0.5) is 4.39 Å². The summed E-state index contributed by atoms with van der Waals surface area (Å²) in [4.78, 5) is 26.4. The molecule has 0 N–H and O–H groups in total. The Morgan fingerprint density at radius 1 is 1.50 bits per heavy atom. The molecule has 2 atom stereocenters. The van der Waals surface area contributed by atoms with Crippen molar-refractivity contribution in [1.29, 1.82) is 0 Å². The van der Waals surface area contributed by atoms with Crippen LogP contribution in [0.15, 0.2) is 18.2 Å². The van der Waals surface area contributed by atoms with Crippen LogP contribution in [0.25, 0.3) is 0 Å². The van der Waals surface area contributed by atoms with Crippen molar-refractivity contribution in [1.82, 2.24) is 4.90 Å². The molecule has 2 aliphatic rings. The molecule has 1 fully saturated rings. The Balaban J connectivity index is 1.92. The Labute approximate surface area is 129 Å². The van der Waals surface area contributed by atoms with Gasteiger partial charge >= 0.3 is 5.97 Å². The molecular formula is C17H20FNO3. The highest BCUT2D eigenvalue weighted by molar-refractivity contribution is 6.00. The average Bonchev–Trinajstić information content (AvgIpc) is 2.82. The lowest BCUT2D eigenvalue weighted by Gasteiger charge is -2.44. The van der Waals surface area contributed by atoms with E-state index < -0.39 is 17.4 Å². The van der Waals surface area contributed by atoms with Crippen LogP contribution in [0.3, 0.4) is 0 Å².